The molecule has 0 amide bonds. The number of non-ortho nitro benzene ring substituents is 1. The molecular formula is C32H32F3N3O7. The Morgan fingerprint density at radius 2 is 1.69 bits per heavy atom. The number of halogens is 3. The van der Waals surface area contributed by atoms with Crippen LogP contribution in [-0.2, 0) is 16.9 Å². The molecule has 10 nitrogen and oxygen atoms in total. The number of ether oxygens (including phenoxy) is 2. The van der Waals surface area contributed by atoms with Crippen LogP contribution in [0.4, 0.5) is 18.9 Å². The molecule has 2 heterocycles. The standard InChI is InChI=1S/C32H32F3N3O7/c1-21(30(39)40)44-28-9-5-6-10-29(28)45-24-13-15-36(16-14-24)20-31(41,32(33,34)35)26-19-37(18-22-7-3-2-4-8-22)27-17-23(38(42)43)11-12-25(26)27/h2-12,17,19,21,24,41H,13-16,18,20H2,1H3,(H,39,40). The number of nitro benzene ring substituents is 1. The predicted molar refractivity (Wildman–Crippen MR) is 158 cm³/mol. The summed E-state index contributed by atoms with van der Waals surface area (Å²) in [6.45, 7) is 1.16. The molecule has 0 saturated carbocycles. The van der Waals surface area contributed by atoms with E-state index in [1.807, 2.05) is 0 Å². The number of carbonyl (C=O) groups is 1. The number of aromatic nitrogens is 1. The highest BCUT2D eigenvalue weighted by Crippen LogP contribution is 2.44. The van der Waals surface area contributed by atoms with Crippen LogP contribution in [0.25, 0.3) is 10.9 Å². The number of carboxylic acids is 1. The molecule has 0 spiro atoms. The molecule has 1 saturated heterocycles. The average Bonchev–Trinajstić information content (AvgIpc) is 3.37. The van der Waals surface area contributed by atoms with Gasteiger partial charge in [-0.1, -0.05) is 42.5 Å². The fraction of sp³-hybridized carbons (Fsp3) is 0.344. The summed E-state index contributed by atoms with van der Waals surface area (Å²) in [6, 6.07) is 19.2. The van der Waals surface area contributed by atoms with Gasteiger partial charge in [-0.25, -0.2) is 4.79 Å². The Morgan fingerprint density at radius 1 is 1.04 bits per heavy atom. The number of nitro groups is 1. The van der Waals surface area contributed by atoms with Gasteiger partial charge in [0.1, 0.15) is 6.10 Å². The van der Waals surface area contributed by atoms with Crippen molar-refractivity contribution in [2.45, 2.75) is 50.3 Å². The van der Waals surface area contributed by atoms with Crippen molar-refractivity contribution < 1.29 is 42.6 Å². The number of fused-ring (bicyclic) bond motifs is 1. The van der Waals surface area contributed by atoms with Gasteiger partial charge in [-0.2, -0.15) is 13.2 Å². The summed E-state index contributed by atoms with van der Waals surface area (Å²) >= 11 is 0. The van der Waals surface area contributed by atoms with Gasteiger partial charge < -0.3 is 24.3 Å². The zero-order valence-corrected chi connectivity index (χ0v) is 24.3. The predicted octanol–water partition coefficient (Wildman–Crippen LogP) is 5.74. The van der Waals surface area contributed by atoms with E-state index in [1.165, 1.54) is 34.7 Å². The van der Waals surface area contributed by atoms with Crippen molar-refractivity contribution in [3.05, 3.63) is 100 Å². The number of β-amino-alcohol motifs (C(OH)–C–C–N with tert-alkyl or cyclic N) is 1. The number of aliphatic hydroxyl groups is 1. The van der Waals surface area contributed by atoms with Gasteiger partial charge in [-0.3, -0.25) is 15.0 Å². The zero-order chi connectivity index (χ0) is 32.4. The van der Waals surface area contributed by atoms with E-state index in [4.69, 9.17) is 9.47 Å². The van der Waals surface area contributed by atoms with Crippen LogP contribution < -0.4 is 9.47 Å². The number of aliphatic carboxylic acids is 1. The normalized spacial score (nSPS) is 16.6. The maximum absolute atomic E-state index is 14.8. The first-order chi connectivity index (χ1) is 21.4. The molecule has 1 aliphatic heterocycles. The maximum atomic E-state index is 14.8. The number of hydrogen-bond donors (Lipinski definition) is 2. The van der Waals surface area contributed by atoms with Gasteiger partial charge >= 0.3 is 12.1 Å². The number of alkyl halides is 3. The molecule has 1 aromatic heterocycles. The minimum atomic E-state index is -5.06. The molecule has 0 aliphatic carbocycles. The van der Waals surface area contributed by atoms with Crippen molar-refractivity contribution >= 4 is 22.6 Å². The minimum Gasteiger partial charge on any atom is -0.486 e. The molecule has 45 heavy (non-hydrogen) atoms. The van der Waals surface area contributed by atoms with E-state index in [2.05, 4.69) is 0 Å². The van der Waals surface area contributed by atoms with Crippen LogP contribution in [0.15, 0.2) is 79.0 Å². The van der Waals surface area contributed by atoms with Gasteiger partial charge in [0.05, 0.1) is 10.4 Å². The second-order valence-corrected chi connectivity index (χ2v) is 11.1. The van der Waals surface area contributed by atoms with E-state index in [9.17, 15) is 38.3 Å². The Bertz CT molecular complexity index is 1670. The minimum absolute atomic E-state index is 0.0711. The van der Waals surface area contributed by atoms with E-state index in [0.717, 1.165) is 11.6 Å². The van der Waals surface area contributed by atoms with E-state index in [0.29, 0.717) is 18.6 Å². The van der Waals surface area contributed by atoms with Gasteiger partial charge in [-0.05, 0) is 43.5 Å². The Hall–Kier alpha value is -4.62. The van der Waals surface area contributed by atoms with Crippen LogP contribution in [0.1, 0.15) is 30.9 Å². The Kier molecular flexibility index (Phi) is 9.03. The lowest BCUT2D eigenvalue weighted by molar-refractivity contribution is -0.384. The van der Waals surface area contributed by atoms with Crippen LogP contribution in [0, 0.1) is 10.1 Å². The van der Waals surface area contributed by atoms with Crippen molar-refractivity contribution in [2.24, 2.45) is 0 Å². The van der Waals surface area contributed by atoms with Crippen LogP contribution in [0.3, 0.4) is 0 Å². The number of nitrogens with zero attached hydrogens (tertiary/aromatic N) is 3. The topological polar surface area (TPSA) is 127 Å². The quantitative estimate of drug-likeness (QED) is 0.159. The molecule has 238 valence electrons. The third kappa shape index (κ3) is 6.89. The molecule has 1 aliphatic rings. The molecular weight excluding hydrogens is 595 g/mol. The fourth-order valence-electron chi connectivity index (χ4n) is 5.54. The van der Waals surface area contributed by atoms with Crippen molar-refractivity contribution in [1.29, 1.82) is 0 Å². The van der Waals surface area contributed by atoms with E-state index >= 15 is 0 Å². The monoisotopic (exact) mass is 627 g/mol. The SMILES string of the molecule is CC(Oc1ccccc1OC1CCN(CC(O)(c2cn(Cc3ccccc3)c3cc([N+](=O)[O-])ccc23)C(F)(F)F)CC1)C(=O)O. The van der Waals surface area contributed by atoms with Crippen molar-refractivity contribution in [3.63, 3.8) is 0 Å². The smallest absolute Gasteiger partial charge is 0.422 e. The summed E-state index contributed by atoms with van der Waals surface area (Å²) in [5, 5.41) is 32.2. The maximum Gasteiger partial charge on any atom is 0.422 e. The Labute approximate surface area is 256 Å². The number of piperidine rings is 1. The third-order valence-electron chi connectivity index (χ3n) is 7.97. The van der Waals surface area contributed by atoms with E-state index in [1.54, 1.807) is 54.6 Å². The molecule has 13 heteroatoms. The van der Waals surface area contributed by atoms with Crippen molar-refractivity contribution in [1.82, 2.24) is 9.47 Å². The molecule has 1 fully saturated rings. The number of para-hydroxylation sites is 2. The summed E-state index contributed by atoms with van der Waals surface area (Å²) in [5.41, 5.74) is -2.95. The lowest BCUT2D eigenvalue weighted by Gasteiger charge is -2.39. The Balaban J connectivity index is 1.38. The molecule has 0 radical (unpaired) electrons. The van der Waals surface area contributed by atoms with Crippen molar-refractivity contribution in [3.8, 4) is 11.5 Å². The summed E-state index contributed by atoms with van der Waals surface area (Å²) in [7, 11) is 0. The first kappa shape index (κ1) is 31.8. The van der Waals surface area contributed by atoms with Gasteiger partial charge in [-0.15, -0.1) is 0 Å². The molecule has 0 bridgehead atoms. The van der Waals surface area contributed by atoms with E-state index < -0.39 is 35.3 Å². The highest BCUT2D eigenvalue weighted by Gasteiger charge is 2.57. The molecule has 3 aromatic carbocycles. The Morgan fingerprint density at radius 3 is 2.31 bits per heavy atom. The summed E-state index contributed by atoms with van der Waals surface area (Å²) in [5.74, 6) is -0.568. The van der Waals surface area contributed by atoms with Gasteiger partial charge in [0.15, 0.2) is 17.6 Å². The summed E-state index contributed by atoms with van der Waals surface area (Å²) in [4.78, 5) is 23.6. The number of rotatable bonds is 11. The fourth-order valence-corrected chi connectivity index (χ4v) is 5.54. The second kappa shape index (κ2) is 12.8. The first-order valence-corrected chi connectivity index (χ1v) is 14.3. The van der Waals surface area contributed by atoms with Crippen LogP contribution in [0.2, 0.25) is 0 Å². The third-order valence-corrected chi connectivity index (χ3v) is 7.97. The van der Waals surface area contributed by atoms with Gasteiger partial charge in [0, 0.05) is 55.5 Å². The summed E-state index contributed by atoms with van der Waals surface area (Å²) < 4.78 is 57.5. The van der Waals surface area contributed by atoms with Crippen LogP contribution in [0.5, 0.6) is 11.5 Å². The molecule has 5 rings (SSSR count). The molecule has 4 aromatic rings. The number of hydrogen-bond acceptors (Lipinski definition) is 7. The summed E-state index contributed by atoms with van der Waals surface area (Å²) in [6.07, 6.45) is -4.62. The first-order valence-electron chi connectivity index (χ1n) is 14.3. The molecule has 2 atom stereocenters. The van der Waals surface area contributed by atoms with Gasteiger partial charge in [0.25, 0.3) is 5.69 Å². The lowest BCUT2D eigenvalue weighted by atomic mass is 9.91. The second-order valence-electron chi connectivity index (χ2n) is 11.1. The average molecular weight is 628 g/mol. The molecule has 2 N–H and O–H groups in total. The number of likely N-dealkylation sites (tertiary alicyclic amines) is 1. The van der Waals surface area contributed by atoms with Crippen LogP contribution >= 0.6 is 0 Å². The highest BCUT2D eigenvalue weighted by atomic mass is 19.4. The van der Waals surface area contributed by atoms with Gasteiger partial charge in [0.2, 0.25) is 5.60 Å². The zero-order valence-electron chi connectivity index (χ0n) is 24.3. The largest absolute Gasteiger partial charge is 0.486 e. The number of carboxylic acid groups (broad SMARTS) is 1. The van der Waals surface area contributed by atoms with Crippen LogP contribution in [-0.4, -0.2) is 68.6 Å². The molecule has 2 unspecified atom stereocenters. The van der Waals surface area contributed by atoms with Crippen molar-refractivity contribution in [2.75, 3.05) is 19.6 Å². The van der Waals surface area contributed by atoms with E-state index in [-0.39, 0.29) is 53.6 Å². The lowest BCUT2D eigenvalue weighted by Crippen LogP contribution is -2.53. The number of benzene rings is 3. The highest BCUT2D eigenvalue weighted by molar-refractivity contribution is 5.87.